The van der Waals surface area contributed by atoms with E-state index in [1.807, 2.05) is 0 Å². The molecule has 1 amide bonds. The molecular weight excluding hydrogens is 296 g/mol. The Bertz CT molecular complexity index is 584. The number of carbonyl (C=O) groups is 1. The number of carbonyl (C=O) groups excluding carboxylic acids is 1. The van der Waals surface area contributed by atoms with Crippen LogP contribution in [0.2, 0.25) is 15.3 Å². The van der Waals surface area contributed by atoms with Crippen molar-refractivity contribution < 1.29 is 4.79 Å². The number of amides is 1. The summed E-state index contributed by atoms with van der Waals surface area (Å²) in [4.78, 5) is 19.4. The van der Waals surface area contributed by atoms with Gasteiger partial charge in [0.1, 0.15) is 12.0 Å². The van der Waals surface area contributed by atoms with Gasteiger partial charge in [0.15, 0.2) is 10.3 Å². The molecule has 4 nitrogen and oxygen atoms in total. The summed E-state index contributed by atoms with van der Waals surface area (Å²) in [6.07, 6.45) is 1.20. The van der Waals surface area contributed by atoms with Gasteiger partial charge in [-0.3, -0.25) is 4.79 Å². The molecule has 0 unspecified atom stereocenters. The van der Waals surface area contributed by atoms with Crippen molar-refractivity contribution in [2.45, 2.75) is 0 Å². The highest BCUT2D eigenvalue weighted by atomic mass is 35.5. The van der Waals surface area contributed by atoms with Crippen molar-refractivity contribution >= 4 is 46.4 Å². The van der Waals surface area contributed by atoms with Crippen LogP contribution in [0.25, 0.3) is 0 Å². The molecule has 0 spiro atoms. The lowest BCUT2D eigenvalue weighted by atomic mass is 10.2. The van der Waals surface area contributed by atoms with E-state index >= 15 is 0 Å². The van der Waals surface area contributed by atoms with Crippen LogP contribution in [-0.2, 0) is 0 Å². The maximum atomic E-state index is 12.0. The van der Waals surface area contributed by atoms with Crippen molar-refractivity contribution in [3.8, 4) is 0 Å². The van der Waals surface area contributed by atoms with Crippen molar-refractivity contribution in [3.63, 3.8) is 0 Å². The van der Waals surface area contributed by atoms with E-state index in [0.29, 0.717) is 10.6 Å². The van der Waals surface area contributed by atoms with E-state index in [9.17, 15) is 4.79 Å². The molecule has 0 atom stereocenters. The van der Waals surface area contributed by atoms with Gasteiger partial charge in [-0.1, -0.05) is 46.9 Å². The average molecular weight is 303 g/mol. The van der Waals surface area contributed by atoms with Crippen molar-refractivity contribution in [2.24, 2.45) is 0 Å². The Hall–Kier alpha value is -1.36. The standard InChI is InChI=1S/C11H6Cl3N3O/c12-7-4-2-1-3-6(7)11(18)17-8-9(13)15-5-16-10(8)14/h1-5H,(H,17,18). The Balaban J connectivity index is 2.30. The molecule has 2 rings (SSSR count). The fourth-order valence-corrected chi connectivity index (χ4v) is 1.90. The van der Waals surface area contributed by atoms with E-state index in [0.717, 1.165) is 0 Å². The molecule has 0 aliphatic heterocycles. The minimum Gasteiger partial charge on any atom is -0.317 e. The Kier molecular flexibility index (Phi) is 4.01. The van der Waals surface area contributed by atoms with E-state index < -0.39 is 5.91 Å². The van der Waals surface area contributed by atoms with Crippen LogP contribution in [0, 0.1) is 0 Å². The van der Waals surface area contributed by atoms with Gasteiger partial charge in [-0.2, -0.15) is 0 Å². The maximum absolute atomic E-state index is 12.0. The highest BCUT2D eigenvalue weighted by Crippen LogP contribution is 2.27. The van der Waals surface area contributed by atoms with Gasteiger partial charge in [-0.25, -0.2) is 9.97 Å². The Morgan fingerprint density at radius 2 is 1.67 bits per heavy atom. The van der Waals surface area contributed by atoms with Crippen molar-refractivity contribution in [1.29, 1.82) is 0 Å². The molecule has 0 bridgehead atoms. The molecule has 0 radical (unpaired) electrons. The highest BCUT2D eigenvalue weighted by Gasteiger charge is 2.14. The SMILES string of the molecule is O=C(Nc1c(Cl)ncnc1Cl)c1ccccc1Cl. The normalized spacial score (nSPS) is 10.2. The molecule has 1 aromatic heterocycles. The van der Waals surface area contributed by atoms with E-state index in [4.69, 9.17) is 34.8 Å². The molecule has 2 aromatic rings. The number of benzene rings is 1. The molecule has 0 aliphatic carbocycles. The second kappa shape index (κ2) is 5.52. The third kappa shape index (κ3) is 2.72. The third-order valence-electron chi connectivity index (χ3n) is 2.11. The number of hydrogen-bond acceptors (Lipinski definition) is 3. The second-order valence-corrected chi connectivity index (χ2v) is 4.39. The molecule has 0 saturated carbocycles. The summed E-state index contributed by atoms with van der Waals surface area (Å²) < 4.78 is 0. The minimum absolute atomic E-state index is 0.0652. The first-order valence-electron chi connectivity index (χ1n) is 4.81. The minimum atomic E-state index is -0.431. The predicted octanol–water partition coefficient (Wildman–Crippen LogP) is 3.69. The number of aromatic nitrogens is 2. The lowest BCUT2D eigenvalue weighted by Crippen LogP contribution is -2.13. The second-order valence-electron chi connectivity index (χ2n) is 3.26. The van der Waals surface area contributed by atoms with Gasteiger partial charge < -0.3 is 5.32 Å². The number of anilines is 1. The van der Waals surface area contributed by atoms with Crippen LogP contribution in [0.15, 0.2) is 30.6 Å². The first-order valence-corrected chi connectivity index (χ1v) is 5.95. The average Bonchev–Trinajstić information content (AvgIpc) is 2.34. The molecule has 0 saturated heterocycles. The van der Waals surface area contributed by atoms with Crippen molar-refractivity contribution in [1.82, 2.24) is 9.97 Å². The van der Waals surface area contributed by atoms with Gasteiger partial charge in [-0.15, -0.1) is 0 Å². The first-order chi connectivity index (χ1) is 8.59. The van der Waals surface area contributed by atoms with E-state index in [1.165, 1.54) is 6.33 Å². The Morgan fingerprint density at radius 3 is 2.28 bits per heavy atom. The van der Waals surface area contributed by atoms with Crippen molar-refractivity contribution in [3.05, 3.63) is 51.5 Å². The van der Waals surface area contributed by atoms with Gasteiger partial charge in [0.05, 0.1) is 10.6 Å². The molecule has 7 heteroatoms. The molecule has 1 N–H and O–H groups in total. The van der Waals surface area contributed by atoms with Crippen LogP contribution in [0.3, 0.4) is 0 Å². The zero-order valence-electron chi connectivity index (χ0n) is 8.82. The quantitative estimate of drug-likeness (QED) is 0.861. The summed E-state index contributed by atoms with van der Waals surface area (Å²) in [5.74, 6) is -0.431. The lowest BCUT2D eigenvalue weighted by molar-refractivity contribution is 0.102. The number of nitrogens with zero attached hydrogens (tertiary/aromatic N) is 2. The third-order valence-corrected chi connectivity index (χ3v) is 3.01. The summed E-state index contributed by atoms with van der Waals surface area (Å²) in [7, 11) is 0. The monoisotopic (exact) mass is 301 g/mol. The molecular formula is C11H6Cl3N3O. The summed E-state index contributed by atoms with van der Waals surface area (Å²) >= 11 is 17.5. The Labute approximate surface area is 118 Å². The first kappa shape index (κ1) is 13.1. The fraction of sp³-hybridized carbons (Fsp3) is 0. The summed E-state index contributed by atoms with van der Waals surface area (Å²) in [5, 5.41) is 2.99. The largest absolute Gasteiger partial charge is 0.317 e. The summed E-state index contributed by atoms with van der Waals surface area (Å²) in [6.45, 7) is 0. The fourth-order valence-electron chi connectivity index (χ4n) is 1.27. The molecule has 0 fully saturated rings. The smallest absolute Gasteiger partial charge is 0.257 e. The molecule has 18 heavy (non-hydrogen) atoms. The van der Waals surface area contributed by atoms with Crippen LogP contribution in [0.4, 0.5) is 5.69 Å². The van der Waals surface area contributed by atoms with Crippen LogP contribution in [-0.4, -0.2) is 15.9 Å². The summed E-state index contributed by atoms with van der Waals surface area (Å²) in [6, 6.07) is 6.63. The van der Waals surface area contributed by atoms with Crippen LogP contribution < -0.4 is 5.32 Å². The topological polar surface area (TPSA) is 54.9 Å². The van der Waals surface area contributed by atoms with Gasteiger partial charge >= 0.3 is 0 Å². The maximum Gasteiger partial charge on any atom is 0.257 e. The van der Waals surface area contributed by atoms with Gasteiger partial charge in [-0.05, 0) is 12.1 Å². The van der Waals surface area contributed by atoms with E-state index in [-0.39, 0.29) is 16.0 Å². The predicted molar refractivity (Wildman–Crippen MR) is 71.5 cm³/mol. The summed E-state index contributed by atoms with van der Waals surface area (Å²) in [5.41, 5.74) is 0.473. The lowest BCUT2D eigenvalue weighted by Gasteiger charge is -2.08. The van der Waals surface area contributed by atoms with Gasteiger partial charge in [0, 0.05) is 0 Å². The number of halogens is 3. The molecule has 92 valence electrons. The number of nitrogens with one attached hydrogen (secondary N) is 1. The zero-order chi connectivity index (χ0) is 13.1. The highest BCUT2D eigenvalue weighted by molar-refractivity contribution is 6.39. The molecule has 1 heterocycles. The van der Waals surface area contributed by atoms with Gasteiger partial charge in [0.25, 0.3) is 5.91 Å². The van der Waals surface area contributed by atoms with E-state index in [1.54, 1.807) is 24.3 Å². The van der Waals surface area contributed by atoms with Crippen molar-refractivity contribution in [2.75, 3.05) is 5.32 Å². The number of rotatable bonds is 2. The zero-order valence-corrected chi connectivity index (χ0v) is 11.1. The molecule has 1 aromatic carbocycles. The van der Waals surface area contributed by atoms with Crippen LogP contribution >= 0.6 is 34.8 Å². The molecule has 0 aliphatic rings. The van der Waals surface area contributed by atoms with E-state index in [2.05, 4.69) is 15.3 Å². The van der Waals surface area contributed by atoms with Crippen LogP contribution in [0.1, 0.15) is 10.4 Å². The van der Waals surface area contributed by atoms with Crippen LogP contribution in [0.5, 0.6) is 0 Å². The van der Waals surface area contributed by atoms with Gasteiger partial charge in [0.2, 0.25) is 0 Å². The number of hydrogen-bond donors (Lipinski definition) is 1. The Morgan fingerprint density at radius 1 is 1.06 bits per heavy atom.